The number of hydrogen-bond acceptors (Lipinski definition) is 5. The van der Waals surface area contributed by atoms with Crippen molar-refractivity contribution in [3.05, 3.63) is 47.1 Å². The molecule has 0 atom stereocenters. The number of carbonyl (C=O) groups is 1. The van der Waals surface area contributed by atoms with E-state index in [1.54, 1.807) is 10.7 Å². The van der Waals surface area contributed by atoms with E-state index in [1.807, 2.05) is 50.4 Å². The van der Waals surface area contributed by atoms with Crippen molar-refractivity contribution in [2.24, 2.45) is 0 Å². The summed E-state index contributed by atoms with van der Waals surface area (Å²) in [6.07, 6.45) is 0. The molecule has 1 N–H and O–H groups in total. The number of benzene rings is 1. The van der Waals surface area contributed by atoms with Crippen LogP contribution in [0.25, 0.3) is 11.3 Å². The molecule has 25 heavy (non-hydrogen) atoms. The predicted molar refractivity (Wildman–Crippen MR) is 99.3 cm³/mol. The number of amides is 1. The molecular formula is C18H20N4O2S. The van der Waals surface area contributed by atoms with E-state index in [0.29, 0.717) is 17.4 Å². The first-order valence-corrected chi connectivity index (χ1v) is 9.03. The molecule has 1 aromatic carbocycles. The first kappa shape index (κ1) is 17.2. The molecule has 0 aliphatic heterocycles. The number of anilines is 1. The van der Waals surface area contributed by atoms with Crippen molar-refractivity contribution in [2.75, 3.05) is 11.9 Å². The quantitative estimate of drug-likeness (QED) is 0.725. The van der Waals surface area contributed by atoms with Gasteiger partial charge >= 0.3 is 0 Å². The fourth-order valence-corrected chi connectivity index (χ4v) is 3.17. The third-order valence-electron chi connectivity index (χ3n) is 3.70. The van der Waals surface area contributed by atoms with Crippen LogP contribution < -0.4 is 10.1 Å². The van der Waals surface area contributed by atoms with Gasteiger partial charge in [0.25, 0.3) is 5.91 Å². The van der Waals surface area contributed by atoms with Crippen LogP contribution in [-0.2, 0) is 6.54 Å². The van der Waals surface area contributed by atoms with Crippen LogP contribution in [0.1, 0.15) is 30.0 Å². The molecule has 6 nitrogen and oxygen atoms in total. The maximum atomic E-state index is 12.3. The fourth-order valence-electron chi connectivity index (χ4n) is 2.45. The standard InChI is InChI=1S/C18H20N4O2S/c1-4-22-12(3)10-15(21-22)17(23)20-18-19-16(11-25-18)13-6-8-14(9-7-13)24-5-2/h6-11H,4-5H2,1-3H3,(H,19,20,23). The zero-order valence-corrected chi connectivity index (χ0v) is 15.3. The molecule has 0 saturated carbocycles. The summed E-state index contributed by atoms with van der Waals surface area (Å²) in [7, 11) is 0. The maximum Gasteiger partial charge on any atom is 0.277 e. The molecule has 1 amide bonds. The van der Waals surface area contributed by atoms with Gasteiger partial charge < -0.3 is 4.74 Å². The Morgan fingerprint density at radius 3 is 2.68 bits per heavy atom. The second-order valence-corrected chi connectivity index (χ2v) is 6.29. The van der Waals surface area contributed by atoms with Gasteiger partial charge in [-0.15, -0.1) is 11.3 Å². The Kier molecular flexibility index (Phi) is 5.14. The van der Waals surface area contributed by atoms with Gasteiger partial charge in [0.05, 0.1) is 12.3 Å². The molecule has 0 bridgehead atoms. The summed E-state index contributed by atoms with van der Waals surface area (Å²) in [5.41, 5.74) is 3.16. The Bertz CT molecular complexity index is 868. The average molecular weight is 356 g/mol. The number of nitrogens with zero attached hydrogens (tertiary/aromatic N) is 3. The topological polar surface area (TPSA) is 69.0 Å². The summed E-state index contributed by atoms with van der Waals surface area (Å²) >= 11 is 1.39. The van der Waals surface area contributed by atoms with E-state index in [-0.39, 0.29) is 5.91 Å². The van der Waals surface area contributed by atoms with Gasteiger partial charge in [-0.25, -0.2) is 4.98 Å². The minimum atomic E-state index is -0.247. The molecule has 0 spiro atoms. The average Bonchev–Trinajstić information content (AvgIpc) is 3.22. The third-order valence-corrected chi connectivity index (χ3v) is 4.46. The van der Waals surface area contributed by atoms with Crippen molar-refractivity contribution in [2.45, 2.75) is 27.3 Å². The lowest BCUT2D eigenvalue weighted by atomic mass is 10.2. The van der Waals surface area contributed by atoms with E-state index in [1.165, 1.54) is 11.3 Å². The zero-order valence-electron chi connectivity index (χ0n) is 14.4. The highest BCUT2D eigenvalue weighted by Crippen LogP contribution is 2.26. The third kappa shape index (κ3) is 3.88. The lowest BCUT2D eigenvalue weighted by Crippen LogP contribution is -2.13. The second kappa shape index (κ2) is 7.48. The zero-order chi connectivity index (χ0) is 17.8. The van der Waals surface area contributed by atoms with Gasteiger partial charge in [-0.2, -0.15) is 5.10 Å². The lowest BCUT2D eigenvalue weighted by molar-refractivity contribution is 0.102. The van der Waals surface area contributed by atoms with E-state index >= 15 is 0 Å². The molecule has 130 valence electrons. The van der Waals surface area contributed by atoms with Crippen LogP contribution in [0, 0.1) is 6.92 Å². The Morgan fingerprint density at radius 1 is 1.28 bits per heavy atom. The van der Waals surface area contributed by atoms with Gasteiger partial charge in [0.2, 0.25) is 0 Å². The van der Waals surface area contributed by atoms with E-state index in [4.69, 9.17) is 4.74 Å². The molecule has 0 fully saturated rings. The number of thiazole rings is 1. The molecular weight excluding hydrogens is 336 g/mol. The highest BCUT2D eigenvalue weighted by Gasteiger charge is 2.14. The molecule has 2 heterocycles. The molecule has 3 aromatic rings. The minimum absolute atomic E-state index is 0.247. The number of nitrogens with one attached hydrogen (secondary N) is 1. The Balaban J connectivity index is 1.71. The smallest absolute Gasteiger partial charge is 0.277 e. The van der Waals surface area contributed by atoms with Crippen LogP contribution in [0.3, 0.4) is 0 Å². The number of aromatic nitrogens is 3. The SMILES string of the molecule is CCOc1ccc(-c2csc(NC(=O)c3cc(C)n(CC)n3)n2)cc1. The van der Waals surface area contributed by atoms with Crippen molar-refractivity contribution >= 4 is 22.4 Å². The molecule has 2 aromatic heterocycles. The van der Waals surface area contributed by atoms with Crippen molar-refractivity contribution in [1.82, 2.24) is 14.8 Å². The Labute approximate surface area is 150 Å². The number of carbonyl (C=O) groups excluding carboxylic acids is 1. The van der Waals surface area contributed by atoms with E-state index in [0.717, 1.165) is 29.2 Å². The van der Waals surface area contributed by atoms with Gasteiger partial charge in [0.15, 0.2) is 10.8 Å². The Hall–Kier alpha value is -2.67. The molecule has 0 saturated heterocycles. The van der Waals surface area contributed by atoms with Crippen molar-refractivity contribution in [3.63, 3.8) is 0 Å². The van der Waals surface area contributed by atoms with E-state index in [2.05, 4.69) is 15.4 Å². The van der Waals surface area contributed by atoms with Crippen molar-refractivity contribution in [1.29, 1.82) is 0 Å². The van der Waals surface area contributed by atoms with Gasteiger partial charge in [-0.1, -0.05) is 0 Å². The molecule has 7 heteroatoms. The monoisotopic (exact) mass is 356 g/mol. The number of ether oxygens (including phenoxy) is 1. The predicted octanol–water partition coefficient (Wildman–Crippen LogP) is 3.99. The largest absolute Gasteiger partial charge is 0.494 e. The highest BCUT2D eigenvalue weighted by atomic mass is 32.1. The van der Waals surface area contributed by atoms with E-state index in [9.17, 15) is 4.79 Å². The molecule has 0 unspecified atom stereocenters. The van der Waals surface area contributed by atoms with Gasteiger partial charge in [-0.05, 0) is 51.1 Å². The van der Waals surface area contributed by atoms with Crippen LogP contribution in [0.2, 0.25) is 0 Å². The second-order valence-electron chi connectivity index (χ2n) is 5.44. The first-order valence-electron chi connectivity index (χ1n) is 8.15. The van der Waals surface area contributed by atoms with Crippen molar-refractivity contribution in [3.8, 4) is 17.0 Å². The Morgan fingerprint density at radius 2 is 2.04 bits per heavy atom. The maximum absolute atomic E-state index is 12.3. The summed E-state index contributed by atoms with van der Waals surface area (Å²) in [4.78, 5) is 16.8. The fraction of sp³-hybridized carbons (Fsp3) is 0.278. The normalized spacial score (nSPS) is 10.7. The summed E-state index contributed by atoms with van der Waals surface area (Å²) < 4.78 is 7.23. The minimum Gasteiger partial charge on any atom is -0.494 e. The van der Waals surface area contributed by atoms with Crippen LogP contribution >= 0.6 is 11.3 Å². The van der Waals surface area contributed by atoms with Gasteiger partial charge in [0.1, 0.15) is 5.75 Å². The van der Waals surface area contributed by atoms with Crippen LogP contribution in [0.5, 0.6) is 5.75 Å². The molecule has 3 rings (SSSR count). The molecule has 0 aliphatic rings. The summed E-state index contributed by atoms with van der Waals surface area (Å²) in [5.74, 6) is 0.583. The molecule has 0 aliphatic carbocycles. The summed E-state index contributed by atoms with van der Waals surface area (Å²) in [6.45, 7) is 7.25. The van der Waals surface area contributed by atoms with Crippen molar-refractivity contribution < 1.29 is 9.53 Å². The molecule has 0 radical (unpaired) electrons. The van der Waals surface area contributed by atoms with Gasteiger partial charge in [0, 0.05) is 23.2 Å². The van der Waals surface area contributed by atoms with E-state index < -0.39 is 0 Å². The van der Waals surface area contributed by atoms with Gasteiger partial charge in [-0.3, -0.25) is 14.8 Å². The van der Waals surface area contributed by atoms with Crippen LogP contribution in [0.4, 0.5) is 5.13 Å². The lowest BCUT2D eigenvalue weighted by Gasteiger charge is -2.03. The number of aryl methyl sites for hydroxylation is 2. The highest BCUT2D eigenvalue weighted by molar-refractivity contribution is 7.14. The summed E-state index contributed by atoms with van der Waals surface area (Å²) in [5, 5.41) is 9.57. The van der Waals surface area contributed by atoms with Crippen LogP contribution in [-0.4, -0.2) is 27.3 Å². The first-order chi connectivity index (χ1) is 12.1. The van der Waals surface area contributed by atoms with Crippen LogP contribution in [0.15, 0.2) is 35.7 Å². The number of rotatable bonds is 6. The summed E-state index contributed by atoms with van der Waals surface area (Å²) in [6, 6.07) is 9.52. The number of hydrogen-bond donors (Lipinski definition) is 1.